The highest BCUT2D eigenvalue weighted by atomic mass is 19.1. The number of carboxylic acid groups (broad SMARTS) is 1. The van der Waals surface area contributed by atoms with Gasteiger partial charge in [0.1, 0.15) is 0 Å². The number of halogens is 1. The van der Waals surface area contributed by atoms with Gasteiger partial charge in [0.2, 0.25) is 5.95 Å². The molecule has 0 aromatic carbocycles. The molecule has 104 valence electrons. The normalized spacial score (nSPS) is 11.2. The third kappa shape index (κ3) is 4.01. The van der Waals surface area contributed by atoms with E-state index in [1.165, 1.54) is 23.2 Å². The van der Waals surface area contributed by atoms with Crippen molar-refractivity contribution in [1.82, 2.24) is 9.88 Å². The fraction of sp³-hybridized carbons (Fsp3) is 0.462. The molecule has 0 saturated heterocycles. The molecule has 0 radical (unpaired) electrons. The van der Waals surface area contributed by atoms with Crippen LogP contribution in [0.2, 0.25) is 0 Å². The predicted molar refractivity (Wildman–Crippen MR) is 67.2 cm³/mol. The summed E-state index contributed by atoms with van der Waals surface area (Å²) >= 11 is 0. The van der Waals surface area contributed by atoms with E-state index >= 15 is 0 Å². The highest BCUT2D eigenvalue weighted by Gasteiger charge is 2.29. The van der Waals surface area contributed by atoms with Crippen LogP contribution in [0, 0.1) is 5.95 Å². The van der Waals surface area contributed by atoms with Crippen LogP contribution in [0.3, 0.4) is 0 Å². The van der Waals surface area contributed by atoms with Gasteiger partial charge in [0.25, 0.3) is 5.91 Å². The van der Waals surface area contributed by atoms with Crippen molar-refractivity contribution in [3.05, 3.63) is 29.8 Å². The molecule has 0 fully saturated rings. The van der Waals surface area contributed by atoms with Crippen molar-refractivity contribution in [3.8, 4) is 0 Å². The van der Waals surface area contributed by atoms with Crippen molar-refractivity contribution in [2.75, 3.05) is 6.54 Å². The molecule has 0 bridgehead atoms. The average molecular weight is 268 g/mol. The van der Waals surface area contributed by atoms with Gasteiger partial charge in [0, 0.05) is 18.3 Å². The van der Waals surface area contributed by atoms with E-state index in [0.717, 1.165) is 0 Å². The Bertz CT molecular complexity index is 483. The van der Waals surface area contributed by atoms with Crippen LogP contribution in [-0.4, -0.2) is 39.0 Å². The van der Waals surface area contributed by atoms with E-state index in [4.69, 9.17) is 5.11 Å². The second-order valence-electron chi connectivity index (χ2n) is 5.11. The first kappa shape index (κ1) is 15.1. The van der Waals surface area contributed by atoms with E-state index in [9.17, 15) is 14.0 Å². The Kier molecular flexibility index (Phi) is 4.58. The summed E-state index contributed by atoms with van der Waals surface area (Å²) in [5.41, 5.74) is -0.753. The third-order valence-electron chi connectivity index (χ3n) is 2.59. The standard InChI is InChI=1S/C13H17FN2O3/c1-13(2,3)16(8-6-10(17)18)12(19)9-5-4-7-15-11(9)14/h4-5,7H,6,8H2,1-3H3,(H,17,18). The Morgan fingerprint density at radius 1 is 1.42 bits per heavy atom. The summed E-state index contributed by atoms with van der Waals surface area (Å²) in [5, 5.41) is 8.71. The van der Waals surface area contributed by atoms with Crippen LogP contribution in [0.25, 0.3) is 0 Å². The summed E-state index contributed by atoms with van der Waals surface area (Å²) < 4.78 is 13.5. The zero-order valence-corrected chi connectivity index (χ0v) is 11.2. The van der Waals surface area contributed by atoms with Crippen LogP contribution in [0.5, 0.6) is 0 Å². The number of hydrogen-bond donors (Lipinski definition) is 1. The van der Waals surface area contributed by atoms with E-state index in [-0.39, 0.29) is 18.5 Å². The van der Waals surface area contributed by atoms with Crippen molar-refractivity contribution in [3.63, 3.8) is 0 Å². The molecule has 5 nitrogen and oxygen atoms in total. The number of rotatable bonds is 4. The number of carbonyl (C=O) groups is 2. The molecule has 1 heterocycles. The highest BCUT2D eigenvalue weighted by Crippen LogP contribution is 2.18. The molecule has 0 saturated carbocycles. The number of carboxylic acids is 1. The number of aromatic nitrogens is 1. The smallest absolute Gasteiger partial charge is 0.305 e. The van der Waals surface area contributed by atoms with Crippen molar-refractivity contribution in [1.29, 1.82) is 0 Å². The largest absolute Gasteiger partial charge is 0.481 e. The maximum absolute atomic E-state index is 13.5. The summed E-state index contributed by atoms with van der Waals surface area (Å²) in [5.74, 6) is -2.41. The zero-order valence-electron chi connectivity index (χ0n) is 11.2. The summed E-state index contributed by atoms with van der Waals surface area (Å²) in [6.45, 7) is 5.31. The lowest BCUT2D eigenvalue weighted by Gasteiger charge is -2.35. The van der Waals surface area contributed by atoms with Crippen LogP contribution >= 0.6 is 0 Å². The van der Waals surface area contributed by atoms with Gasteiger partial charge in [-0.25, -0.2) is 4.98 Å². The second-order valence-corrected chi connectivity index (χ2v) is 5.11. The van der Waals surface area contributed by atoms with Crippen molar-refractivity contribution < 1.29 is 19.1 Å². The lowest BCUT2D eigenvalue weighted by atomic mass is 10.0. The summed E-state index contributed by atoms with van der Waals surface area (Å²) in [6, 6.07) is 2.80. The van der Waals surface area contributed by atoms with E-state index in [0.29, 0.717) is 0 Å². The molecule has 0 spiro atoms. The Morgan fingerprint density at radius 3 is 2.53 bits per heavy atom. The Labute approximate surface area is 111 Å². The third-order valence-corrected chi connectivity index (χ3v) is 2.59. The maximum Gasteiger partial charge on any atom is 0.305 e. The number of carbonyl (C=O) groups excluding carboxylic acids is 1. The van der Waals surface area contributed by atoms with Crippen LogP contribution in [0.15, 0.2) is 18.3 Å². The van der Waals surface area contributed by atoms with Gasteiger partial charge in [-0.1, -0.05) is 0 Å². The summed E-state index contributed by atoms with van der Waals surface area (Å²) in [6.07, 6.45) is 1.07. The number of aliphatic carboxylic acids is 1. The number of pyridine rings is 1. The first-order valence-electron chi connectivity index (χ1n) is 5.87. The highest BCUT2D eigenvalue weighted by molar-refractivity contribution is 5.94. The SMILES string of the molecule is CC(C)(C)N(CCC(=O)O)C(=O)c1cccnc1F. The number of amides is 1. The molecular formula is C13H17FN2O3. The number of nitrogens with zero attached hydrogens (tertiary/aromatic N) is 2. The van der Waals surface area contributed by atoms with Gasteiger partial charge in [-0.2, -0.15) is 4.39 Å². The zero-order chi connectivity index (χ0) is 14.6. The Balaban J connectivity index is 3.02. The molecule has 1 N–H and O–H groups in total. The molecule has 0 aliphatic rings. The monoisotopic (exact) mass is 268 g/mol. The molecule has 1 aromatic heterocycles. The molecule has 0 aliphatic heterocycles. The topological polar surface area (TPSA) is 70.5 Å². The predicted octanol–water partition coefficient (Wildman–Crippen LogP) is 1.94. The van der Waals surface area contributed by atoms with Gasteiger partial charge >= 0.3 is 5.97 Å². The van der Waals surface area contributed by atoms with Crippen molar-refractivity contribution in [2.45, 2.75) is 32.7 Å². The first-order chi connectivity index (χ1) is 8.73. The lowest BCUT2D eigenvalue weighted by molar-refractivity contribution is -0.137. The molecule has 6 heteroatoms. The Morgan fingerprint density at radius 2 is 2.05 bits per heavy atom. The van der Waals surface area contributed by atoms with Crippen LogP contribution in [0.1, 0.15) is 37.6 Å². The van der Waals surface area contributed by atoms with Crippen LogP contribution < -0.4 is 0 Å². The van der Waals surface area contributed by atoms with Gasteiger partial charge in [-0.3, -0.25) is 9.59 Å². The molecule has 1 rings (SSSR count). The van der Waals surface area contributed by atoms with Crippen LogP contribution in [0.4, 0.5) is 4.39 Å². The van der Waals surface area contributed by atoms with Gasteiger partial charge in [0.15, 0.2) is 0 Å². The molecule has 0 unspecified atom stereocenters. The lowest BCUT2D eigenvalue weighted by Crippen LogP contribution is -2.47. The fourth-order valence-electron chi connectivity index (χ4n) is 1.64. The van der Waals surface area contributed by atoms with Gasteiger partial charge in [-0.15, -0.1) is 0 Å². The summed E-state index contributed by atoms with van der Waals surface area (Å²) in [7, 11) is 0. The maximum atomic E-state index is 13.5. The molecular weight excluding hydrogens is 251 g/mol. The number of hydrogen-bond acceptors (Lipinski definition) is 3. The van der Waals surface area contributed by atoms with E-state index < -0.39 is 23.4 Å². The van der Waals surface area contributed by atoms with Gasteiger partial charge < -0.3 is 10.0 Å². The minimum atomic E-state index is -1.01. The molecule has 1 aromatic rings. The quantitative estimate of drug-likeness (QED) is 0.847. The van der Waals surface area contributed by atoms with Gasteiger partial charge in [0.05, 0.1) is 12.0 Å². The van der Waals surface area contributed by atoms with E-state index in [1.54, 1.807) is 20.8 Å². The van der Waals surface area contributed by atoms with E-state index in [2.05, 4.69) is 4.98 Å². The molecule has 0 atom stereocenters. The minimum absolute atomic E-state index is 0.0198. The van der Waals surface area contributed by atoms with Gasteiger partial charge in [-0.05, 0) is 32.9 Å². The van der Waals surface area contributed by atoms with E-state index in [1.807, 2.05) is 0 Å². The average Bonchev–Trinajstić information content (AvgIpc) is 2.27. The van der Waals surface area contributed by atoms with Crippen molar-refractivity contribution in [2.24, 2.45) is 0 Å². The molecule has 19 heavy (non-hydrogen) atoms. The minimum Gasteiger partial charge on any atom is -0.481 e. The summed E-state index contributed by atoms with van der Waals surface area (Å²) in [4.78, 5) is 27.7. The van der Waals surface area contributed by atoms with Crippen LogP contribution in [-0.2, 0) is 4.79 Å². The fourth-order valence-corrected chi connectivity index (χ4v) is 1.64. The molecule has 1 amide bonds. The van der Waals surface area contributed by atoms with Crippen molar-refractivity contribution >= 4 is 11.9 Å². The Hall–Kier alpha value is -1.98. The second kappa shape index (κ2) is 5.77. The molecule has 0 aliphatic carbocycles. The first-order valence-corrected chi connectivity index (χ1v) is 5.87.